The van der Waals surface area contributed by atoms with Gasteiger partial charge in [-0.05, 0) is 11.6 Å². The van der Waals surface area contributed by atoms with Gasteiger partial charge in [0.1, 0.15) is 5.76 Å². The Morgan fingerprint density at radius 1 is 1.07 bits per heavy atom. The Kier molecular flexibility index (Phi) is 1.38. The zero-order valence-corrected chi connectivity index (χ0v) is 8.99. The van der Waals surface area contributed by atoms with Crippen LogP contribution in [-0.4, -0.2) is 5.11 Å². The normalized spacial score (nSPS) is 40.8. The molecule has 0 saturated heterocycles. The average molecular weight is 198 g/mol. The topological polar surface area (TPSA) is 20.2 Å². The van der Waals surface area contributed by atoms with Gasteiger partial charge in [-0.25, -0.2) is 0 Å². The van der Waals surface area contributed by atoms with Crippen molar-refractivity contribution < 1.29 is 5.11 Å². The minimum Gasteiger partial charge on any atom is -0.508 e. The Morgan fingerprint density at radius 3 is 2.60 bits per heavy atom. The van der Waals surface area contributed by atoms with E-state index in [1.165, 1.54) is 5.57 Å². The third kappa shape index (κ3) is 0.800. The molecule has 1 N–H and O–H groups in total. The van der Waals surface area contributed by atoms with Crippen molar-refractivity contribution in [2.24, 2.45) is 10.8 Å². The van der Waals surface area contributed by atoms with Crippen molar-refractivity contribution in [3.8, 4) is 0 Å². The molecule has 0 heterocycles. The van der Waals surface area contributed by atoms with Crippen molar-refractivity contribution in [1.29, 1.82) is 0 Å². The fourth-order valence-corrected chi connectivity index (χ4v) is 2.89. The molecule has 1 nitrogen and oxygen atoms in total. The van der Waals surface area contributed by atoms with Gasteiger partial charge in [-0.1, -0.05) is 50.3 Å². The highest BCUT2D eigenvalue weighted by atomic mass is 16.3. The second-order valence-electron chi connectivity index (χ2n) is 4.85. The number of aliphatic hydroxyl groups excluding tert-OH is 1. The lowest BCUT2D eigenvalue weighted by molar-refractivity contribution is 0.308. The van der Waals surface area contributed by atoms with Gasteiger partial charge in [-0.15, -0.1) is 0 Å². The molecular formula is C14H14O. The summed E-state index contributed by atoms with van der Waals surface area (Å²) in [5.74, 6) is 0.396. The van der Waals surface area contributed by atoms with Crippen molar-refractivity contribution in [3.63, 3.8) is 0 Å². The smallest absolute Gasteiger partial charge is 0.119 e. The highest BCUT2D eigenvalue weighted by Gasteiger charge is 2.53. The first-order valence-electron chi connectivity index (χ1n) is 5.29. The standard InChI is InChI=1S/C14H14O/c1-13-8-6-10-4-3-5-12(15)11(7-9-13)14(10,13)2/h3-9,15H,1-2H3. The molecule has 2 atom stereocenters. The summed E-state index contributed by atoms with van der Waals surface area (Å²) in [7, 11) is 0. The Hall–Kier alpha value is -1.50. The molecule has 15 heavy (non-hydrogen) atoms. The van der Waals surface area contributed by atoms with Gasteiger partial charge in [0.25, 0.3) is 0 Å². The van der Waals surface area contributed by atoms with Crippen LogP contribution < -0.4 is 0 Å². The monoisotopic (exact) mass is 198 g/mol. The third-order valence-corrected chi connectivity index (χ3v) is 4.20. The molecule has 0 radical (unpaired) electrons. The van der Waals surface area contributed by atoms with Crippen molar-refractivity contribution in [1.82, 2.24) is 0 Å². The molecular weight excluding hydrogens is 184 g/mol. The third-order valence-electron chi connectivity index (χ3n) is 4.20. The lowest BCUT2D eigenvalue weighted by atomic mass is 9.66. The van der Waals surface area contributed by atoms with Crippen molar-refractivity contribution in [3.05, 3.63) is 59.4 Å². The molecule has 0 saturated carbocycles. The minimum absolute atomic E-state index is 0.0220. The van der Waals surface area contributed by atoms with Crippen molar-refractivity contribution in [2.45, 2.75) is 13.8 Å². The quantitative estimate of drug-likeness (QED) is 0.632. The summed E-state index contributed by atoms with van der Waals surface area (Å²) < 4.78 is 0. The Morgan fingerprint density at radius 2 is 1.80 bits per heavy atom. The van der Waals surface area contributed by atoms with Gasteiger partial charge in [0.2, 0.25) is 0 Å². The molecule has 0 fully saturated rings. The Bertz CT molecular complexity index is 487. The van der Waals surface area contributed by atoms with Crippen LogP contribution in [0.2, 0.25) is 0 Å². The zero-order chi connectivity index (χ0) is 10.7. The maximum atomic E-state index is 9.98. The number of rotatable bonds is 0. The van der Waals surface area contributed by atoms with Gasteiger partial charge < -0.3 is 5.11 Å². The van der Waals surface area contributed by atoms with Gasteiger partial charge in [0, 0.05) is 16.4 Å². The highest BCUT2D eigenvalue weighted by Crippen LogP contribution is 2.61. The van der Waals surface area contributed by atoms with E-state index in [1.54, 1.807) is 6.08 Å². The van der Waals surface area contributed by atoms with E-state index in [4.69, 9.17) is 0 Å². The summed E-state index contributed by atoms with van der Waals surface area (Å²) in [5, 5.41) is 9.98. The molecule has 0 bridgehead atoms. The van der Waals surface area contributed by atoms with Crippen LogP contribution in [0.15, 0.2) is 59.4 Å². The molecule has 3 aliphatic rings. The summed E-state index contributed by atoms with van der Waals surface area (Å²) in [4.78, 5) is 0. The summed E-state index contributed by atoms with van der Waals surface area (Å²) in [5.41, 5.74) is 2.26. The van der Waals surface area contributed by atoms with E-state index in [2.05, 4.69) is 44.2 Å². The molecule has 0 aromatic rings. The van der Waals surface area contributed by atoms with Crippen LogP contribution in [0.5, 0.6) is 0 Å². The second-order valence-corrected chi connectivity index (χ2v) is 4.85. The Labute approximate surface area is 89.8 Å². The van der Waals surface area contributed by atoms with Crippen LogP contribution in [0.1, 0.15) is 13.8 Å². The highest BCUT2D eigenvalue weighted by molar-refractivity contribution is 5.60. The largest absolute Gasteiger partial charge is 0.508 e. The molecule has 0 aromatic carbocycles. The average Bonchev–Trinajstić information content (AvgIpc) is 2.53. The summed E-state index contributed by atoms with van der Waals surface area (Å²) in [6.07, 6.45) is 14.4. The van der Waals surface area contributed by atoms with E-state index >= 15 is 0 Å². The molecule has 0 aromatic heterocycles. The van der Waals surface area contributed by atoms with Crippen molar-refractivity contribution >= 4 is 0 Å². The van der Waals surface area contributed by atoms with Crippen LogP contribution in [0, 0.1) is 10.8 Å². The predicted octanol–water partition coefficient (Wildman–Crippen LogP) is 3.45. The van der Waals surface area contributed by atoms with Gasteiger partial charge >= 0.3 is 0 Å². The molecule has 3 aliphatic carbocycles. The fourth-order valence-electron chi connectivity index (χ4n) is 2.89. The minimum atomic E-state index is -0.0828. The maximum absolute atomic E-state index is 9.98. The predicted molar refractivity (Wildman–Crippen MR) is 61.4 cm³/mol. The first-order chi connectivity index (χ1) is 7.08. The van der Waals surface area contributed by atoms with E-state index in [1.807, 2.05) is 6.08 Å². The van der Waals surface area contributed by atoms with Gasteiger partial charge in [0.05, 0.1) is 0 Å². The SMILES string of the molecule is CC12C=CC3=CC=CC(O)=C(C=C1)C32C. The van der Waals surface area contributed by atoms with Gasteiger partial charge in [-0.3, -0.25) is 0 Å². The fraction of sp³-hybridized carbons (Fsp3) is 0.286. The molecule has 1 heteroatoms. The van der Waals surface area contributed by atoms with Crippen LogP contribution in [0.3, 0.4) is 0 Å². The zero-order valence-electron chi connectivity index (χ0n) is 8.99. The molecule has 0 aliphatic heterocycles. The number of hydrogen-bond donors (Lipinski definition) is 1. The van der Waals surface area contributed by atoms with Crippen molar-refractivity contribution in [2.75, 3.05) is 0 Å². The van der Waals surface area contributed by atoms with E-state index < -0.39 is 0 Å². The Balaban J connectivity index is 2.36. The van der Waals surface area contributed by atoms with Gasteiger partial charge in [0.15, 0.2) is 0 Å². The summed E-state index contributed by atoms with van der Waals surface area (Å²) in [6, 6.07) is 0. The lowest BCUT2D eigenvalue weighted by Crippen LogP contribution is -2.30. The van der Waals surface area contributed by atoms with Crippen LogP contribution in [0.4, 0.5) is 0 Å². The molecule has 0 spiro atoms. The van der Waals surface area contributed by atoms with E-state index in [9.17, 15) is 5.11 Å². The molecule has 0 amide bonds. The van der Waals surface area contributed by atoms with Crippen LogP contribution in [-0.2, 0) is 0 Å². The number of hydrogen-bond acceptors (Lipinski definition) is 1. The van der Waals surface area contributed by atoms with Crippen LogP contribution in [0.25, 0.3) is 0 Å². The first-order valence-corrected chi connectivity index (χ1v) is 5.29. The molecule has 76 valence electrons. The van der Waals surface area contributed by atoms with E-state index in [0.717, 1.165) is 5.57 Å². The summed E-state index contributed by atoms with van der Waals surface area (Å²) >= 11 is 0. The molecule has 2 unspecified atom stereocenters. The number of allylic oxidation sites excluding steroid dienone is 9. The van der Waals surface area contributed by atoms with Crippen LogP contribution >= 0.6 is 0 Å². The summed E-state index contributed by atoms with van der Waals surface area (Å²) in [6.45, 7) is 4.42. The molecule has 3 rings (SSSR count). The van der Waals surface area contributed by atoms with E-state index in [-0.39, 0.29) is 10.8 Å². The lowest BCUT2D eigenvalue weighted by Gasteiger charge is -2.36. The van der Waals surface area contributed by atoms with E-state index in [0.29, 0.717) is 5.76 Å². The maximum Gasteiger partial charge on any atom is 0.119 e. The first kappa shape index (κ1) is 8.78. The second kappa shape index (κ2) is 2.35. The number of aliphatic hydroxyl groups is 1. The van der Waals surface area contributed by atoms with Gasteiger partial charge in [-0.2, -0.15) is 0 Å².